The van der Waals surface area contributed by atoms with Crippen molar-refractivity contribution in [1.82, 2.24) is 0 Å². The van der Waals surface area contributed by atoms with Crippen LogP contribution in [0.25, 0.3) is 10.8 Å². The molecule has 0 aliphatic heterocycles. The summed E-state index contributed by atoms with van der Waals surface area (Å²) in [7, 11) is 6.04. The zero-order valence-corrected chi connectivity index (χ0v) is 22.3. The van der Waals surface area contributed by atoms with Crippen LogP contribution in [0.15, 0.2) is 49.1 Å². The van der Waals surface area contributed by atoms with Gasteiger partial charge >= 0.3 is 0 Å². The summed E-state index contributed by atoms with van der Waals surface area (Å²) >= 11 is 0. The number of fused-ring (bicyclic) bond motifs is 4. The van der Waals surface area contributed by atoms with E-state index in [2.05, 4.69) is 76.7 Å². The van der Waals surface area contributed by atoms with Crippen molar-refractivity contribution in [3.63, 3.8) is 0 Å². The molecule has 0 amide bonds. The standard InChI is InChI=1S/C26H34.C5H13NO/c1-6-19-11-12-20-9-8-10-23(24(20)15-19)18(3)26(5)17-25(4)14-13-22(26)16-21(25)7-2;1-6(2,3)4-5-7/h7-12,15,18,21-22H,2,6,13-14,16-17H2,1,3-5H3;4-5H2,1-3H3/t18-,21+,22?,25-,26+;/m0./s1. The van der Waals surface area contributed by atoms with E-state index in [9.17, 15) is 5.11 Å². The summed E-state index contributed by atoms with van der Waals surface area (Å²) in [5.74, 6) is 2.13. The first kappa shape index (κ1) is 26.0. The van der Waals surface area contributed by atoms with Gasteiger partial charge in [0, 0.05) is 0 Å². The smallest absolute Gasteiger partial charge is 0.0676 e. The maximum Gasteiger partial charge on any atom is 0.0676 e. The molecule has 2 bridgehead atoms. The fourth-order valence-corrected chi connectivity index (χ4v) is 6.69. The minimum Gasteiger partial charge on any atom is -0.850 e. The zero-order valence-electron chi connectivity index (χ0n) is 22.3. The van der Waals surface area contributed by atoms with Gasteiger partial charge in [-0.1, -0.05) is 76.8 Å². The van der Waals surface area contributed by atoms with Crippen molar-refractivity contribution in [3.05, 3.63) is 60.2 Å². The van der Waals surface area contributed by atoms with Gasteiger partial charge in [0.05, 0.1) is 27.7 Å². The van der Waals surface area contributed by atoms with Crippen LogP contribution in [0.5, 0.6) is 0 Å². The van der Waals surface area contributed by atoms with Crippen molar-refractivity contribution in [1.29, 1.82) is 0 Å². The van der Waals surface area contributed by atoms with E-state index in [0.717, 1.165) is 23.4 Å². The number of hydrogen-bond acceptors (Lipinski definition) is 1. The molecule has 1 unspecified atom stereocenters. The molecule has 0 heterocycles. The second kappa shape index (κ2) is 9.92. The summed E-state index contributed by atoms with van der Waals surface area (Å²) in [6.45, 7) is 14.8. The molecule has 2 heteroatoms. The summed E-state index contributed by atoms with van der Waals surface area (Å²) in [5, 5.41) is 12.8. The number of hydrogen-bond donors (Lipinski definition) is 0. The van der Waals surface area contributed by atoms with Gasteiger partial charge in [-0.25, -0.2) is 0 Å². The summed E-state index contributed by atoms with van der Waals surface area (Å²) in [6, 6.07) is 14.0. The van der Waals surface area contributed by atoms with Crippen molar-refractivity contribution < 1.29 is 9.59 Å². The number of benzene rings is 2. The van der Waals surface area contributed by atoms with Gasteiger partial charge < -0.3 is 9.59 Å². The normalized spacial score (nSPS) is 29.9. The molecule has 5 atom stereocenters. The Kier molecular flexibility index (Phi) is 7.81. The molecule has 3 aliphatic rings. The van der Waals surface area contributed by atoms with Crippen LogP contribution in [-0.2, 0) is 6.42 Å². The second-order valence-electron chi connectivity index (χ2n) is 12.3. The van der Waals surface area contributed by atoms with Gasteiger partial charge in [-0.05, 0) is 82.6 Å². The third-order valence-corrected chi connectivity index (χ3v) is 9.11. The van der Waals surface area contributed by atoms with Gasteiger partial charge in [0.1, 0.15) is 0 Å². The van der Waals surface area contributed by atoms with Crippen molar-refractivity contribution in [2.75, 3.05) is 34.3 Å². The van der Waals surface area contributed by atoms with Gasteiger partial charge in [0.2, 0.25) is 0 Å². The third kappa shape index (κ3) is 5.38. The lowest BCUT2D eigenvalue weighted by atomic mass is 9.44. The Morgan fingerprint density at radius 2 is 1.91 bits per heavy atom. The van der Waals surface area contributed by atoms with Gasteiger partial charge in [-0.3, -0.25) is 0 Å². The SMILES string of the molecule is C=C[C@@H]1CC2CC[C@@]1(C)C[C@]2(C)[C@@H](C)c1cccc2ccc(CC)cc12.C[N+](C)(C)CC[O-]. The van der Waals surface area contributed by atoms with Crippen LogP contribution in [0.4, 0.5) is 0 Å². The Bertz CT molecular complexity index is 957. The summed E-state index contributed by atoms with van der Waals surface area (Å²) < 4.78 is 0.781. The quantitative estimate of drug-likeness (QED) is 0.361. The largest absolute Gasteiger partial charge is 0.850 e. The molecule has 5 rings (SSSR count). The van der Waals surface area contributed by atoms with Crippen LogP contribution in [0.1, 0.15) is 70.4 Å². The average Bonchev–Trinajstić information content (AvgIpc) is 2.77. The molecule has 3 fully saturated rings. The molecule has 3 saturated carbocycles. The van der Waals surface area contributed by atoms with E-state index < -0.39 is 0 Å². The van der Waals surface area contributed by atoms with E-state index in [1.807, 2.05) is 21.1 Å². The first-order chi connectivity index (χ1) is 15.5. The highest BCUT2D eigenvalue weighted by Gasteiger charge is 2.55. The Labute approximate surface area is 203 Å². The number of rotatable bonds is 6. The lowest BCUT2D eigenvalue weighted by Gasteiger charge is -2.61. The molecular weight excluding hydrogens is 402 g/mol. The maximum atomic E-state index is 9.93. The molecule has 33 heavy (non-hydrogen) atoms. The van der Waals surface area contributed by atoms with Crippen LogP contribution < -0.4 is 5.11 Å². The molecule has 2 aromatic rings. The maximum absolute atomic E-state index is 9.93. The predicted molar refractivity (Wildman–Crippen MR) is 141 cm³/mol. The Morgan fingerprint density at radius 3 is 2.45 bits per heavy atom. The highest BCUT2D eigenvalue weighted by molar-refractivity contribution is 5.87. The van der Waals surface area contributed by atoms with E-state index in [4.69, 9.17) is 0 Å². The first-order valence-corrected chi connectivity index (χ1v) is 13.0. The molecule has 0 saturated heterocycles. The highest BCUT2D eigenvalue weighted by Crippen LogP contribution is 2.65. The number of quaternary nitrogens is 1. The van der Waals surface area contributed by atoms with Crippen LogP contribution in [0, 0.1) is 22.7 Å². The fraction of sp³-hybridized carbons (Fsp3) is 0.613. The first-order valence-electron chi connectivity index (χ1n) is 13.0. The number of likely N-dealkylation sites (N-methyl/N-ethyl adjacent to an activating group) is 1. The van der Waals surface area contributed by atoms with Crippen LogP contribution in [0.3, 0.4) is 0 Å². The lowest BCUT2D eigenvalue weighted by molar-refractivity contribution is -0.875. The van der Waals surface area contributed by atoms with Gasteiger partial charge in [0.15, 0.2) is 0 Å². The molecule has 3 aliphatic carbocycles. The minimum atomic E-state index is 0.0312. The summed E-state index contributed by atoms with van der Waals surface area (Å²) in [4.78, 5) is 0. The number of aryl methyl sites for hydroxylation is 1. The monoisotopic (exact) mass is 449 g/mol. The zero-order chi connectivity index (χ0) is 24.4. The highest BCUT2D eigenvalue weighted by atomic mass is 16.3. The third-order valence-electron chi connectivity index (χ3n) is 9.11. The topological polar surface area (TPSA) is 23.1 Å². The fourth-order valence-electron chi connectivity index (χ4n) is 6.69. The van der Waals surface area contributed by atoms with E-state index in [0.29, 0.717) is 22.7 Å². The molecule has 182 valence electrons. The molecule has 2 nitrogen and oxygen atoms in total. The molecule has 0 aromatic heterocycles. The van der Waals surface area contributed by atoms with Crippen molar-refractivity contribution in [3.8, 4) is 0 Å². The average molecular weight is 450 g/mol. The predicted octanol–water partition coefficient (Wildman–Crippen LogP) is 6.58. The minimum absolute atomic E-state index is 0.0312. The number of nitrogens with zero attached hydrogens (tertiary/aromatic N) is 1. The molecule has 0 N–H and O–H groups in total. The van der Waals surface area contributed by atoms with E-state index in [1.54, 1.807) is 5.56 Å². The number of allylic oxidation sites excluding steroid dienone is 1. The van der Waals surface area contributed by atoms with Crippen molar-refractivity contribution in [2.45, 2.75) is 65.7 Å². The van der Waals surface area contributed by atoms with Crippen molar-refractivity contribution in [2.24, 2.45) is 22.7 Å². The van der Waals surface area contributed by atoms with E-state index in [-0.39, 0.29) is 6.61 Å². The Balaban J connectivity index is 0.000000383. The lowest BCUT2D eigenvalue weighted by Crippen LogP contribution is -2.51. The Morgan fingerprint density at radius 1 is 1.18 bits per heavy atom. The van der Waals surface area contributed by atoms with E-state index in [1.165, 1.54) is 42.0 Å². The van der Waals surface area contributed by atoms with Crippen LogP contribution in [-0.4, -0.2) is 38.8 Å². The molecule has 0 spiro atoms. The van der Waals surface area contributed by atoms with Gasteiger partial charge in [0.25, 0.3) is 0 Å². The van der Waals surface area contributed by atoms with E-state index >= 15 is 0 Å². The Hall–Kier alpha value is -1.64. The second-order valence-corrected chi connectivity index (χ2v) is 12.3. The van der Waals surface area contributed by atoms with Crippen LogP contribution in [0.2, 0.25) is 0 Å². The molecule has 2 aromatic carbocycles. The summed E-state index contributed by atoms with van der Waals surface area (Å²) in [6.07, 6.45) is 8.82. The van der Waals surface area contributed by atoms with Gasteiger partial charge in [-0.2, -0.15) is 0 Å². The summed E-state index contributed by atoms with van der Waals surface area (Å²) in [5.41, 5.74) is 3.85. The molecular formula is C31H47NO. The van der Waals surface area contributed by atoms with Crippen LogP contribution >= 0.6 is 0 Å². The van der Waals surface area contributed by atoms with Crippen molar-refractivity contribution >= 4 is 10.8 Å². The van der Waals surface area contributed by atoms with Gasteiger partial charge in [-0.15, -0.1) is 6.58 Å². The molecule has 0 radical (unpaired) electrons.